The lowest BCUT2D eigenvalue weighted by Crippen LogP contribution is -2.20. The van der Waals surface area contributed by atoms with Crippen LogP contribution in [-0.2, 0) is 0 Å². The lowest BCUT2D eigenvalue weighted by molar-refractivity contribution is -0.153. The van der Waals surface area contributed by atoms with Crippen LogP contribution >= 0.6 is 22.9 Å². The number of thiazole rings is 1. The van der Waals surface area contributed by atoms with Gasteiger partial charge in [0.15, 0.2) is 23.9 Å². The number of methoxy groups -OCH3 is 1. The van der Waals surface area contributed by atoms with Crippen molar-refractivity contribution < 1.29 is 27.4 Å². The van der Waals surface area contributed by atoms with Crippen LogP contribution in [0.3, 0.4) is 0 Å². The molecular formula is C21H15ClF3NO4S. The number of carbonyl (C=O) groups is 1. The minimum absolute atomic E-state index is 0.0698. The Hall–Kier alpha value is -3.04. The van der Waals surface area contributed by atoms with Crippen molar-refractivity contribution >= 4 is 40.9 Å². The van der Waals surface area contributed by atoms with Crippen molar-refractivity contribution in [3.63, 3.8) is 0 Å². The molecular weight excluding hydrogens is 455 g/mol. The van der Waals surface area contributed by atoms with Crippen LogP contribution < -0.4 is 24.2 Å². The van der Waals surface area contributed by atoms with Crippen LogP contribution in [-0.4, -0.2) is 30.7 Å². The van der Waals surface area contributed by atoms with Crippen LogP contribution in [0.25, 0.3) is 12.2 Å². The van der Waals surface area contributed by atoms with Crippen LogP contribution in [0.2, 0.25) is 5.02 Å². The van der Waals surface area contributed by atoms with E-state index >= 15 is 0 Å². The third kappa shape index (κ3) is 6.22. The molecule has 31 heavy (non-hydrogen) atoms. The maximum Gasteiger partial charge on any atom is 0.422 e. The number of aromatic nitrogens is 1. The van der Waals surface area contributed by atoms with E-state index in [1.165, 1.54) is 37.5 Å². The lowest BCUT2D eigenvalue weighted by atomic mass is 10.1. The first kappa shape index (κ1) is 22.6. The third-order valence-corrected chi connectivity index (χ3v) is 5.16. The molecule has 162 valence electrons. The predicted molar refractivity (Wildman–Crippen MR) is 113 cm³/mol. The SMILES string of the molecule is COc1cc(/C=c2/s/c(=C\C(=O)c3ccc(Cl)cc3)[nH]c2=O)ccc1OCC(F)(F)F. The number of ketones is 1. The molecule has 0 spiro atoms. The van der Waals surface area contributed by atoms with Crippen molar-refractivity contribution in [2.75, 3.05) is 13.7 Å². The van der Waals surface area contributed by atoms with Gasteiger partial charge in [0.1, 0.15) is 0 Å². The summed E-state index contributed by atoms with van der Waals surface area (Å²) in [5.74, 6) is -0.274. The van der Waals surface area contributed by atoms with E-state index in [2.05, 4.69) is 4.98 Å². The quantitative estimate of drug-likeness (QED) is 0.561. The molecule has 3 rings (SSSR count). The van der Waals surface area contributed by atoms with Gasteiger partial charge in [-0.15, -0.1) is 11.3 Å². The summed E-state index contributed by atoms with van der Waals surface area (Å²) in [4.78, 5) is 27.2. The third-order valence-electron chi connectivity index (χ3n) is 3.95. The first-order chi connectivity index (χ1) is 14.6. The van der Waals surface area contributed by atoms with Gasteiger partial charge < -0.3 is 14.5 Å². The van der Waals surface area contributed by atoms with Crippen molar-refractivity contribution in [1.82, 2.24) is 4.98 Å². The number of rotatable bonds is 6. The summed E-state index contributed by atoms with van der Waals surface area (Å²) in [6.45, 7) is -1.45. The van der Waals surface area contributed by atoms with Gasteiger partial charge in [0.2, 0.25) is 0 Å². The Bertz CT molecular complexity index is 1260. The first-order valence-corrected chi connectivity index (χ1v) is 9.94. The molecule has 0 saturated heterocycles. The van der Waals surface area contributed by atoms with E-state index < -0.39 is 18.3 Å². The molecule has 10 heteroatoms. The molecule has 0 unspecified atom stereocenters. The minimum Gasteiger partial charge on any atom is -0.493 e. The number of aromatic amines is 1. The van der Waals surface area contributed by atoms with Crippen LogP contribution in [0.15, 0.2) is 47.3 Å². The first-order valence-electron chi connectivity index (χ1n) is 8.75. The van der Waals surface area contributed by atoms with Crippen molar-refractivity contribution in [3.05, 3.63) is 78.2 Å². The molecule has 0 fully saturated rings. The van der Waals surface area contributed by atoms with Crippen LogP contribution in [0.5, 0.6) is 11.5 Å². The van der Waals surface area contributed by atoms with E-state index in [9.17, 15) is 22.8 Å². The standard InChI is InChI=1S/C21H15ClF3NO4S/c1-29-17-8-12(2-7-16(17)30-11-21(23,24)25)9-18-20(28)26-19(31-18)10-15(27)13-3-5-14(22)6-4-13/h2-10H,11H2,1H3,(H,26,28)/b18-9+,19-10-. The maximum absolute atomic E-state index is 12.4. The Morgan fingerprint density at radius 2 is 1.87 bits per heavy atom. The zero-order valence-corrected chi connectivity index (χ0v) is 17.5. The second-order valence-electron chi connectivity index (χ2n) is 6.26. The molecule has 1 N–H and O–H groups in total. The number of hydrogen-bond donors (Lipinski definition) is 1. The lowest BCUT2D eigenvalue weighted by Gasteiger charge is -2.12. The van der Waals surface area contributed by atoms with Crippen molar-refractivity contribution in [2.45, 2.75) is 6.18 Å². The molecule has 0 saturated carbocycles. The van der Waals surface area contributed by atoms with E-state index in [-0.39, 0.29) is 17.3 Å². The van der Waals surface area contributed by atoms with Gasteiger partial charge in [-0.3, -0.25) is 9.59 Å². The van der Waals surface area contributed by atoms with Gasteiger partial charge in [0.25, 0.3) is 5.56 Å². The van der Waals surface area contributed by atoms with Crippen molar-refractivity contribution in [2.24, 2.45) is 0 Å². The highest BCUT2D eigenvalue weighted by molar-refractivity contribution is 7.07. The number of ether oxygens (including phenoxy) is 2. The molecule has 0 bridgehead atoms. The number of alkyl halides is 3. The normalized spacial score (nSPS) is 12.8. The van der Waals surface area contributed by atoms with Crippen LogP contribution in [0, 0.1) is 0 Å². The number of H-pyrrole nitrogens is 1. The predicted octanol–water partition coefficient (Wildman–Crippen LogP) is 3.53. The number of halogens is 4. The highest BCUT2D eigenvalue weighted by atomic mass is 35.5. The molecule has 0 aliphatic rings. The molecule has 0 amide bonds. The second kappa shape index (κ2) is 9.40. The fourth-order valence-corrected chi connectivity index (χ4v) is 3.56. The van der Waals surface area contributed by atoms with E-state index in [4.69, 9.17) is 21.1 Å². The van der Waals surface area contributed by atoms with Gasteiger partial charge in [-0.2, -0.15) is 13.2 Å². The summed E-state index contributed by atoms with van der Waals surface area (Å²) in [6, 6.07) is 10.6. The zero-order chi connectivity index (χ0) is 22.6. The van der Waals surface area contributed by atoms with Gasteiger partial charge in [-0.05, 0) is 48.0 Å². The summed E-state index contributed by atoms with van der Waals surface area (Å²) in [7, 11) is 1.30. The fraction of sp³-hybridized carbons (Fsp3) is 0.143. The van der Waals surface area contributed by atoms with Gasteiger partial charge in [-0.25, -0.2) is 0 Å². The summed E-state index contributed by atoms with van der Waals surface area (Å²) in [6.07, 6.45) is -1.64. The largest absolute Gasteiger partial charge is 0.493 e. The van der Waals surface area contributed by atoms with E-state index in [0.717, 1.165) is 11.3 Å². The molecule has 3 aromatic rings. The van der Waals surface area contributed by atoms with Crippen LogP contribution in [0.1, 0.15) is 15.9 Å². The number of nitrogens with one attached hydrogen (secondary N) is 1. The summed E-state index contributed by atoms with van der Waals surface area (Å²) in [5.41, 5.74) is 0.527. The maximum atomic E-state index is 12.4. The van der Waals surface area contributed by atoms with Gasteiger partial charge in [0, 0.05) is 16.7 Å². The monoisotopic (exact) mass is 469 g/mol. The molecule has 1 aromatic heterocycles. The average Bonchev–Trinajstić information content (AvgIpc) is 3.05. The van der Waals surface area contributed by atoms with Crippen molar-refractivity contribution in [1.29, 1.82) is 0 Å². The van der Waals surface area contributed by atoms with E-state index in [1.54, 1.807) is 24.3 Å². The van der Waals surface area contributed by atoms with Gasteiger partial charge in [-0.1, -0.05) is 17.7 Å². The Morgan fingerprint density at radius 3 is 2.52 bits per heavy atom. The highest BCUT2D eigenvalue weighted by Crippen LogP contribution is 2.30. The van der Waals surface area contributed by atoms with Crippen LogP contribution in [0.4, 0.5) is 13.2 Å². The summed E-state index contributed by atoms with van der Waals surface area (Å²) in [5, 5.41) is 0.503. The van der Waals surface area contributed by atoms with Gasteiger partial charge in [0.05, 0.1) is 16.3 Å². The van der Waals surface area contributed by atoms with E-state index in [1.807, 2.05) is 0 Å². The molecule has 0 atom stereocenters. The fourth-order valence-electron chi connectivity index (χ4n) is 2.55. The van der Waals surface area contributed by atoms with E-state index in [0.29, 0.717) is 25.3 Å². The Balaban J connectivity index is 1.89. The second-order valence-corrected chi connectivity index (χ2v) is 7.78. The Kier molecular flexibility index (Phi) is 6.87. The highest BCUT2D eigenvalue weighted by Gasteiger charge is 2.29. The molecule has 0 aliphatic carbocycles. The molecule has 0 radical (unpaired) electrons. The van der Waals surface area contributed by atoms with Gasteiger partial charge >= 0.3 is 6.18 Å². The number of Topliss-reactive ketones (excluding diaryl/α,β-unsaturated/α-hetero) is 1. The smallest absolute Gasteiger partial charge is 0.422 e. The molecule has 0 aliphatic heterocycles. The van der Waals surface area contributed by atoms with Crippen molar-refractivity contribution in [3.8, 4) is 11.5 Å². The molecule has 2 aromatic carbocycles. The average molecular weight is 470 g/mol. The Morgan fingerprint density at radius 1 is 1.16 bits per heavy atom. The molecule has 1 heterocycles. The number of hydrogen-bond acceptors (Lipinski definition) is 5. The summed E-state index contributed by atoms with van der Waals surface area (Å²) >= 11 is 6.87. The minimum atomic E-state index is -4.48. The topological polar surface area (TPSA) is 68.4 Å². The zero-order valence-electron chi connectivity index (χ0n) is 16.0. The molecule has 5 nitrogen and oxygen atoms in total. The Labute approximate surface area is 183 Å². The summed E-state index contributed by atoms with van der Waals surface area (Å²) < 4.78 is 47.6. The number of carbonyl (C=O) groups excluding carboxylic acids is 1. The number of benzene rings is 2.